The summed E-state index contributed by atoms with van der Waals surface area (Å²) in [6.07, 6.45) is -5.48. The predicted octanol–water partition coefficient (Wildman–Crippen LogP) is -1.09. The van der Waals surface area contributed by atoms with Crippen molar-refractivity contribution in [3.05, 3.63) is 0 Å². The predicted molar refractivity (Wildman–Crippen MR) is 45.5 cm³/mol. The maximum absolute atomic E-state index is 9.08. The first-order chi connectivity index (χ1) is 5.54. The second-order valence-corrected chi connectivity index (χ2v) is 3.04. The molecule has 0 unspecified atom stereocenters. The van der Waals surface area contributed by atoms with E-state index in [0.29, 0.717) is 0 Å². The maximum atomic E-state index is 9.08. The van der Waals surface area contributed by atoms with Crippen LogP contribution in [-0.2, 0) is 0 Å². The van der Waals surface area contributed by atoms with Crippen LogP contribution in [0.5, 0.6) is 0 Å². The van der Waals surface area contributed by atoms with Gasteiger partial charge < -0.3 is 20.4 Å². The van der Waals surface area contributed by atoms with Crippen molar-refractivity contribution in [2.45, 2.75) is 24.4 Å². The summed E-state index contributed by atoms with van der Waals surface area (Å²) in [6, 6.07) is 0. The summed E-state index contributed by atoms with van der Waals surface area (Å²) >= 11 is 10.4. The molecule has 0 aromatic carbocycles. The largest absolute Gasteiger partial charge is 0.389 e. The van der Waals surface area contributed by atoms with Gasteiger partial charge in [-0.25, -0.2) is 0 Å². The van der Waals surface area contributed by atoms with Crippen LogP contribution in [0.3, 0.4) is 0 Å². The molecule has 12 heavy (non-hydrogen) atoms. The molecule has 6 heteroatoms. The first kappa shape index (κ1) is 12.4. The average molecular weight is 219 g/mol. The third-order valence-electron chi connectivity index (χ3n) is 1.45. The van der Waals surface area contributed by atoms with Crippen molar-refractivity contribution in [1.82, 2.24) is 0 Å². The van der Waals surface area contributed by atoms with Crippen LogP contribution in [0.25, 0.3) is 0 Å². The van der Waals surface area contributed by atoms with Gasteiger partial charge in [0.2, 0.25) is 0 Å². The fourth-order valence-corrected chi connectivity index (χ4v) is 1.00. The van der Waals surface area contributed by atoms with Crippen LogP contribution in [0.1, 0.15) is 0 Å². The summed E-state index contributed by atoms with van der Waals surface area (Å²) in [5.74, 6) is -0.430. The van der Waals surface area contributed by atoms with Crippen LogP contribution in [-0.4, -0.2) is 56.6 Å². The van der Waals surface area contributed by atoms with Crippen LogP contribution in [0.15, 0.2) is 0 Å². The highest BCUT2D eigenvalue weighted by Gasteiger charge is 2.29. The first-order valence-corrected chi connectivity index (χ1v) is 4.45. The molecule has 0 aromatic rings. The topological polar surface area (TPSA) is 80.9 Å². The normalized spacial score (nSPS) is 21.5. The molecule has 4 N–H and O–H groups in total. The van der Waals surface area contributed by atoms with Crippen LogP contribution < -0.4 is 0 Å². The Hall–Kier alpha value is 0.420. The lowest BCUT2D eigenvalue weighted by atomic mass is 10.1. The zero-order chi connectivity index (χ0) is 9.72. The molecule has 0 radical (unpaired) electrons. The summed E-state index contributed by atoms with van der Waals surface area (Å²) in [4.78, 5) is 0. The van der Waals surface area contributed by atoms with Crippen molar-refractivity contribution in [2.24, 2.45) is 0 Å². The smallest absolute Gasteiger partial charge is 0.109 e. The molecule has 0 saturated carbocycles. The van der Waals surface area contributed by atoms with Crippen LogP contribution in [0.2, 0.25) is 0 Å². The Balaban J connectivity index is 3.99. The van der Waals surface area contributed by atoms with Gasteiger partial charge in [-0.1, -0.05) is 0 Å². The van der Waals surface area contributed by atoms with Crippen molar-refractivity contribution < 1.29 is 20.4 Å². The van der Waals surface area contributed by atoms with E-state index >= 15 is 0 Å². The zero-order valence-corrected chi connectivity index (χ0v) is 7.78. The minimum absolute atomic E-state index is 0.215. The van der Waals surface area contributed by atoms with Gasteiger partial charge in [0.15, 0.2) is 0 Å². The Labute approximate surface area is 80.3 Å². The lowest BCUT2D eigenvalue weighted by Crippen LogP contribution is -2.45. The van der Waals surface area contributed by atoms with Gasteiger partial charge in [-0.15, -0.1) is 23.2 Å². The molecule has 0 saturated heterocycles. The number of halogens is 2. The standard InChI is InChI=1S/C6H12Cl2O4/c7-1-3(9)5(11)6(12)4(10)2-8/h3-6,9-12H,1-2H2/t3-,4-,5-,6-/m0/s1. The van der Waals surface area contributed by atoms with Gasteiger partial charge in [-0.05, 0) is 0 Å². The minimum Gasteiger partial charge on any atom is -0.389 e. The van der Waals surface area contributed by atoms with E-state index in [-0.39, 0.29) is 11.8 Å². The molecule has 0 spiro atoms. The first-order valence-electron chi connectivity index (χ1n) is 3.38. The van der Waals surface area contributed by atoms with Gasteiger partial charge >= 0.3 is 0 Å². The number of aliphatic hydroxyl groups is 4. The number of hydrogen-bond acceptors (Lipinski definition) is 4. The van der Waals surface area contributed by atoms with Crippen molar-refractivity contribution in [3.8, 4) is 0 Å². The summed E-state index contributed by atoms with van der Waals surface area (Å²) in [5.41, 5.74) is 0. The molecule has 0 fully saturated rings. The van der Waals surface area contributed by atoms with Gasteiger partial charge in [0, 0.05) is 0 Å². The summed E-state index contributed by atoms with van der Waals surface area (Å²) in [6.45, 7) is 0. The Kier molecular flexibility index (Phi) is 6.17. The van der Waals surface area contributed by atoms with E-state index in [1.165, 1.54) is 0 Å². The highest BCUT2D eigenvalue weighted by molar-refractivity contribution is 6.18. The number of alkyl halides is 2. The zero-order valence-electron chi connectivity index (χ0n) is 6.27. The molecule has 0 heterocycles. The summed E-state index contributed by atoms with van der Waals surface area (Å²) < 4.78 is 0. The summed E-state index contributed by atoms with van der Waals surface area (Å²) in [7, 11) is 0. The quantitative estimate of drug-likeness (QED) is 0.443. The van der Waals surface area contributed by atoms with Gasteiger partial charge in [0.1, 0.15) is 12.2 Å². The molecule has 0 aliphatic carbocycles. The average Bonchev–Trinajstić information content (AvgIpc) is 2.12. The number of aliphatic hydroxyl groups excluding tert-OH is 4. The molecule has 4 atom stereocenters. The van der Waals surface area contributed by atoms with Crippen LogP contribution >= 0.6 is 23.2 Å². The van der Waals surface area contributed by atoms with Crippen molar-refractivity contribution in [1.29, 1.82) is 0 Å². The molecule has 4 nitrogen and oxygen atoms in total. The van der Waals surface area contributed by atoms with E-state index in [1.807, 2.05) is 0 Å². The Bertz CT molecular complexity index is 110. The second-order valence-electron chi connectivity index (χ2n) is 2.42. The molecule has 74 valence electrons. The van der Waals surface area contributed by atoms with E-state index in [0.717, 1.165) is 0 Å². The van der Waals surface area contributed by atoms with Gasteiger partial charge in [-0.2, -0.15) is 0 Å². The molecule has 0 bridgehead atoms. The van der Waals surface area contributed by atoms with E-state index < -0.39 is 24.4 Å². The molecule has 0 aromatic heterocycles. The Morgan fingerprint density at radius 3 is 1.17 bits per heavy atom. The van der Waals surface area contributed by atoms with Crippen molar-refractivity contribution in [3.63, 3.8) is 0 Å². The second kappa shape index (κ2) is 5.96. The Morgan fingerprint density at radius 1 is 0.750 bits per heavy atom. The van der Waals surface area contributed by atoms with Crippen molar-refractivity contribution in [2.75, 3.05) is 11.8 Å². The van der Waals surface area contributed by atoms with E-state index in [2.05, 4.69) is 0 Å². The van der Waals surface area contributed by atoms with Crippen molar-refractivity contribution >= 4 is 23.2 Å². The third kappa shape index (κ3) is 3.43. The number of rotatable bonds is 5. The van der Waals surface area contributed by atoms with Gasteiger partial charge in [0.05, 0.1) is 24.0 Å². The summed E-state index contributed by atoms with van der Waals surface area (Å²) in [5, 5.41) is 36.1. The molecule has 0 aliphatic rings. The fraction of sp³-hybridized carbons (Fsp3) is 1.00. The molecular weight excluding hydrogens is 207 g/mol. The van der Waals surface area contributed by atoms with E-state index in [4.69, 9.17) is 43.6 Å². The van der Waals surface area contributed by atoms with Gasteiger partial charge in [0.25, 0.3) is 0 Å². The van der Waals surface area contributed by atoms with Gasteiger partial charge in [-0.3, -0.25) is 0 Å². The highest BCUT2D eigenvalue weighted by Crippen LogP contribution is 2.07. The molecular formula is C6H12Cl2O4. The molecule has 0 amide bonds. The van der Waals surface area contributed by atoms with Crippen LogP contribution in [0, 0.1) is 0 Å². The SMILES string of the molecule is O[C@H]([C@@H](O)[C@@H](O)CCl)[C@@H](O)CCl. The maximum Gasteiger partial charge on any atom is 0.109 e. The number of hydrogen-bond donors (Lipinski definition) is 4. The lowest BCUT2D eigenvalue weighted by Gasteiger charge is -2.24. The Morgan fingerprint density at radius 2 is 1.00 bits per heavy atom. The lowest BCUT2D eigenvalue weighted by molar-refractivity contribution is -0.0928. The third-order valence-corrected chi connectivity index (χ3v) is 2.09. The minimum atomic E-state index is -1.48. The fourth-order valence-electron chi connectivity index (χ4n) is 0.638. The monoisotopic (exact) mass is 218 g/mol. The van der Waals surface area contributed by atoms with Crippen LogP contribution in [0.4, 0.5) is 0 Å². The molecule has 0 rings (SSSR count). The molecule has 0 aliphatic heterocycles. The van der Waals surface area contributed by atoms with E-state index in [9.17, 15) is 0 Å². The van der Waals surface area contributed by atoms with E-state index in [1.54, 1.807) is 0 Å². The highest BCUT2D eigenvalue weighted by atomic mass is 35.5.